The fraction of sp³-hybridized carbons (Fsp3) is 0.562. The second-order valence-corrected chi connectivity index (χ2v) is 6.22. The predicted octanol–water partition coefficient (Wildman–Crippen LogP) is 2.18. The molecule has 0 atom stereocenters. The number of aliphatic hydroxyl groups is 1. The van der Waals surface area contributed by atoms with Gasteiger partial charge in [-0.3, -0.25) is 0 Å². The Balaban J connectivity index is 2.36. The smallest absolute Gasteiger partial charge is 0.119 e. The van der Waals surface area contributed by atoms with Crippen LogP contribution in [0.4, 0.5) is 0 Å². The van der Waals surface area contributed by atoms with Crippen molar-refractivity contribution in [3.63, 3.8) is 0 Å². The summed E-state index contributed by atoms with van der Waals surface area (Å²) in [5, 5.41) is 9.84. The molecule has 1 aromatic carbocycles. The first-order chi connectivity index (χ1) is 9.81. The Morgan fingerprint density at radius 1 is 1.43 bits per heavy atom. The van der Waals surface area contributed by atoms with Crippen LogP contribution in [0.5, 0.6) is 5.75 Å². The maximum absolute atomic E-state index is 9.84. The van der Waals surface area contributed by atoms with Crippen molar-refractivity contribution in [1.29, 1.82) is 0 Å². The largest absolute Gasteiger partial charge is 0.494 e. The molecule has 0 fully saturated rings. The Kier molecular flexibility index (Phi) is 7.08. The number of likely N-dealkylation sites (N-methyl/N-ethyl adjacent to an activating group) is 1. The van der Waals surface area contributed by atoms with E-state index in [1.807, 2.05) is 38.1 Å². The molecule has 21 heavy (non-hydrogen) atoms. The van der Waals surface area contributed by atoms with Crippen molar-refractivity contribution in [1.82, 2.24) is 4.90 Å². The maximum atomic E-state index is 9.84. The maximum Gasteiger partial charge on any atom is 0.119 e. The van der Waals surface area contributed by atoms with Crippen molar-refractivity contribution in [2.24, 2.45) is 5.73 Å². The molecule has 1 rings (SSSR count). The molecule has 5 heteroatoms. The molecule has 3 N–H and O–H groups in total. The summed E-state index contributed by atoms with van der Waals surface area (Å²) >= 11 is 4.95. The summed E-state index contributed by atoms with van der Waals surface area (Å²) in [5.74, 6) is 0.783. The van der Waals surface area contributed by atoms with Gasteiger partial charge in [-0.05, 0) is 38.9 Å². The van der Waals surface area contributed by atoms with Crippen LogP contribution in [0, 0.1) is 0 Å². The lowest BCUT2D eigenvalue weighted by atomic mass is 10.1. The van der Waals surface area contributed by atoms with Crippen molar-refractivity contribution in [3.05, 3.63) is 29.8 Å². The highest BCUT2D eigenvalue weighted by Crippen LogP contribution is 2.13. The molecule has 0 aliphatic carbocycles. The van der Waals surface area contributed by atoms with Gasteiger partial charge >= 0.3 is 0 Å². The lowest BCUT2D eigenvalue weighted by Crippen LogP contribution is -2.39. The molecule has 0 radical (unpaired) electrons. The molecule has 0 aromatic heterocycles. The van der Waals surface area contributed by atoms with Crippen molar-refractivity contribution >= 4 is 17.2 Å². The highest BCUT2D eigenvalue weighted by atomic mass is 32.1. The molecule has 0 saturated heterocycles. The van der Waals surface area contributed by atoms with E-state index in [-0.39, 0.29) is 0 Å². The topological polar surface area (TPSA) is 58.7 Å². The third-order valence-corrected chi connectivity index (χ3v) is 3.30. The Bertz CT molecular complexity index is 458. The van der Waals surface area contributed by atoms with Crippen LogP contribution in [0.15, 0.2) is 24.3 Å². The molecule has 4 nitrogen and oxygen atoms in total. The minimum Gasteiger partial charge on any atom is -0.494 e. The van der Waals surface area contributed by atoms with E-state index in [1.54, 1.807) is 0 Å². The van der Waals surface area contributed by atoms with Crippen LogP contribution in [-0.2, 0) is 0 Å². The zero-order valence-corrected chi connectivity index (χ0v) is 13.9. The van der Waals surface area contributed by atoms with E-state index in [2.05, 4.69) is 11.8 Å². The standard InChI is InChI=1S/C16H26N2O2S/c1-4-18(12-16(2,3)19)9-6-10-20-14-8-5-7-13(11-14)15(17)21/h5,7-8,11,19H,4,6,9-10,12H2,1-3H3,(H2,17,21). The summed E-state index contributed by atoms with van der Waals surface area (Å²) in [6.07, 6.45) is 0.904. The van der Waals surface area contributed by atoms with E-state index >= 15 is 0 Å². The van der Waals surface area contributed by atoms with E-state index in [0.717, 1.165) is 30.8 Å². The number of rotatable bonds is 9. The second kappa shape index (κ2) is 8.32. The van der Waals surface area contributed by atoms with E-state index < -0.39 is 5.60 Å². The molecule has 0 spiro atoms. The number of thiocarbonyl (C=S) groups is 1. The SMILES string of the molecule is CCN(CCCOc1cccc(C(N)=S)c1)CC(C)(C)O. The van der Waals surface area contributed by atoms with Gasteiger partial charge in [0.15, 0.2) is 0 Å². The molecule has 0 amide bonds. The number of hydrogen-bond donors (Lipinski definition) is 2. The minimum absolute atomic E-state index is 0.378. The quantitative estimate of drug-likeness (QED) is 0.541. The number of hydrogen-bond acceptors (Lipinski definition) is 4. The van der Waals surface area contributed by atoms with Gasteiger partial charge in [0.1, 0.15) is 10.7 Å². The molecule has 0 unspecified atom stereocenters. The number of nitrogens with two attached hydrogens (primary N) is 1. The first-order valence-electron chi connectivity index (χ1n) is 7.29. The lowest BCUT2D eigenvalue weighted by molar-refractivity contribution is 0.0364. The van der Waals surface area contributed by atoms with Crippen LogP contribution >= 0.6 is 12.2 Å². The zero-order valence-electron chi connectivity index (χ0n) is 13.1. The van der Waals surface area contributed by atoms with Crippen molar-refractivity contribution in [2.75, 3.05) is 26.2 Å². The molecule has 0 aliphatic heterocycles. The summed E-state index contributed by atoms with van der Waals surface area (Å²) in [6.45, 7) is 8.86. The fourth-order valence-electron chi connectivity index (χ4n) is 2.11. The average Bonchev–Trinajstić information content (AvgIpc) is 2.41. The molecule has 0 bridgehead atoms. The van der Waals surface area contributed by atoms with Gasteiger partial charge in [-0.1, -0.05) is 31.3 Å². The number of nitrogens with zero attached hydrogens (tertiary/aromatic N) is 1. The highest BCUT2D eigenvalue weighted by Gasteiger charge is 2.16. The average molecular weight is 310 g/mol. The third-order valence-electron chi connectivity index (χ3n) is 3.06. The van der Waals surface area contributed by atoms with Gasteiger partial charge in [0.25, 0.3) is 0 Å². The summed E-state index contributed by atoms with van der Waals surface area (Å²) in [7, 11) is 0. The summed E-state index contributed by atoms with van der Waals surface area (Å²) in [6, 6.07) is 7.51. The molecular formula is C16H26N2O2S. The van der Waals surface area contributed by atoms with Gasteiger partial charge in [0.05, 0.1) is 12.2 Å². The van der Waals surface area contributed by atoms with Crippen molar-refractivity contribution in [3.8, 4) is 5.75 Å². The van der Waals surface area contributed by atoms with Crippen molar-refractivity contribution < 1.29 is 9.84 Å². The van der Waals surface area contributed by atoms with E-state index in [9.17, 15) is 5.11 Å². The molecule has 0 saturated carbocycles. The fourth-order valence-corrected chi connectivity index (χ4v) is 2.24. The predicted molar refractivity (Wildman–Crippen MR) is 90.9 cm³/mol. The van der Waals surface area contributed by atoms with Gasteiger partial charge in [-0.25, -0.2) is 0 Å². The van der Waals surface area contributed by atoms with Crippen molar-refractivity contribution in [2.45, 2.75) is 32.8 Å². The van der Waals surface area contributed by atoms with Crippen LogP contribution in [0.25, 0.3) is 0 Å². The molecule has 118 valence electrons. The minimum atomic E-state index is -0.665. The number of benzene rings is 1. The summed E-state index contributed by atoms with van der Waals surface area (Å²) < 4.78 is 5.72. The summed E-state index contributed by atoms with van der Waals surface area (Å²) in [5.41, 5.74) is 5.75. The van der Waals surface area contributed by atoms with Crippen LogP contribution in [0.3, 0.4) is 0 Å². The van der Waals surface area contributed by atoms with Crippen LogP contribution in [0.1, 0.15) is 32.8 Å². The van der Waals surface area contributed by atoms with Gasteiger partial charge in [0.2, 0.25) is 0 Å². The monoisotopic (exact) mass is 310 g/mol. The van der Waals surface area contributed by atoms with Crippen LogP contribution < -0.4 is 10.5 Å². The molecule has 0 aliphatic rings. The summed E-state index contributed by atoms with van der Waals surface area (Å²) in [4.78, 5) is 2.59. The van der Waals surface area contributed by atoms with Gasteiger partial charge in [0, 0.05) is 18.7 Å². The molecule has 1 aromatic rings. The van der Waals surface area contributed by atoms with E-state index in [0.29, 0.717) is 18.1 Å². The Hall–Kier alpha value is -1.17. The second-order valence-electron chi connectivity index (χ2n) is 5.78. The lowest BCUT2D eigenvalue weighted by Gasteiger charge is -2.27. The first kappa shape index (κ1) is 17.9. The normalized spacial score (nSPS) is 11.7. The third kappa shape index (κ3) is 7.41. The van der Waals surface area contributed by atoms with Crippen LogP contribution in [0.2, 0.25) is 0 Å². The van der Waals surface area contributed by atoms with Gasteiger partial charge in [-0.15, -0.1) is 0 Å². The number of ether oxygens (including phenoxy) is 1. The molecule has 0 heterocycles. The zero-order chi connectivity index (χ0) is 15.9. The van der Waals surface area contributed by atoms with E-state index in [1.165, 1.54) is 0 Å². The van der Waals surface area contributed by atoms with Gasteiger partial charge in [-0.2, -0.15) is 0 Å². The van der Waals surface area contributed by atoms with Gasteiger partial charge < -0.3 is 20.5 Å². The Morgan fingerprint density at radius 2 is 2.14 bits per heavy atom. The molecular weight excluding hydrogens is 284 g/mol. The Morgan fingerprint density at radius 3 is 2.71 bits per heavy atom. The van der Waals surface area contributed by atoms with E-state index in [4.69, 9.17) is 22.7 Å². The Labute approximate surface area is 132 Å². The van der Waals surface area contributed by atoms with Crippen LogP contribution in [-0.4, -0.2) is 46.8 Å². The first-order valence-corrected chi connectivity index (χ1v) is 7.70. The highest BCUT2D eigenvalue weighted by molar-refractivity contribution is 7.80.